The minimum Gasteiger partial charge on any atom is -0.387 e. The largest absolute Gasteiger partial charge is 0.387 e. The van der Waals surface area contributed by atoms with Gasteiger partial charge in [0.25, 0.3) is 5.91 Å². The summed E-state index contributed by atoms with van der Waals surface area (Å²) in [6, 6.07) is 3.05. The molecule has 0 radical (unpaired) electrons. The molecule has 18 heavy (non-hydrogen) atoms. The maximum Gasteiger partial charge on any atom is 0.251 e. The molecule has 1 rings (SSSR count). The van der Waals surface area contributed by atoms with Gasteiger partial charge in [0.05, 0.1) is 5.60 Å². The molecule has 0 aromatic carbocycles. The molecular weight excluding hydrogens is 254 g/mol. The number of likely N-dealkylation sites (N-methyl/N-ethyl adjacent to an activating group) is 1. The lowest BCUT2D eigenvalue weighted by atomic mass is 10.1. The summed E-state index contributed by atoms with van der Waals surface area (Å²) in [4.78, 5) is 17.5. The van der Waals surface area contributed by atoms with Gasteiger partial charge in [0.2, 0.25) is 0 Å². The topological polar surface area (TPSA) is 65.5 Å². The van der Waals surface area contributed by atoms with E-state index in [1.54, 1.807) is 13.0 Å². The van der Waals surface area contributed by atoms with Gasteiger partial charge in [-0.1, -0.05) is 11.6 Å². The van der Waals surface area contributed by atoms with Gasteiger partial charge in [-0.15, -0.1) is 0 Å². The number of hydrogen-bond donors (Lipinski definition) is 2. The van der Waals surface area contributed by atoms with E-state index in [2.05, 4.69) is 10.3 Å². The van der Waals surface area contributed by atoms with E-state index in [9.17, 15) is 9.90 Å². The van der Waals surface area contributed by atoms with E-state index >= 15 is 0 Å². The van der Waals surface area contributed by atoms with Gasteiger partial charge < -0.3 is 15.3 Å². The van der Waals surface area contributed by atoms with Crippen molar-refractivity contribution < 1.29 is 9.90 Å². The molecule has 0 aliphatic heterocycles. The van der Waals surface area contributed by atoms with Crippen LogP contribution in [0.15, 0.2) is 18.3 Å². The molecule has 5 nitrogen and oxygen atoms in total. The normalized spacial score (nSPS) is 14.3. The van der Waals surface area contributed by atoms with E-state index in [0.717, 1.165) is 0 Å². The number of rotatable bonds is 5. The monoisotopic (exact) mass is 271 g/mol. The van der Waals surface area contributed by atoms with Crippen LogP contribution in [-0.4, -0.2) is 53.7 Å². The number of aromatic nitrogens is 1. The first-order valence-corrected chi connectivity index (χ1v) is 5.95. The lowest BCUT2D eigenvalue weighted by Gasteiger charge is -2.27. The molecule has 0 aliphatic rings. The summed E-state index contributed by atoms with van der Waals surface area (Å²) in [5.41, 5.74) is -0.550. The minimum atomic E-state index is -0.976. The molecule has 2 N–H and O–H groups in total. The quantitative estimate of drug-likeness (QED) is 0.777. The first kappa shape index (κ1) is 14.9. The fourth-order valence-corrected chi connectivity index (χ4v) is 1.83. The first-order chi connectivity index (χ1) is 8.30. The number of amides is 1. The summed E-state index contributed by atoms with van der Waals surface area (Å²) >= 11 is 5.70. The second-order valence-corrected chi connectivity index (χ2v) is 5.17. The average molecular weight is 272 g/mol. The summed E-state index contributed by atoms with van der Waals surface area (Å²) in [6.45, 7) is 2.31. The van der Waals surface area contributed by atoms with Gasteiger partial charge in [-0.3, -0.25) is 4.79 Å². The van der Waals surface area contributed by atoms with Crippen molar-refractivity contribution in [3.05, 3.63) is 29.0 Å². The third-order valence-electron chi connectivity index (χ3n) is 2.28. The van der Waals surface area contributed by atoms with Crippen molar-refractivity contribution in [2.24, 2.45) is 0 Å². The number of aliphatic hydroxyl groups is 1. The summed E-state index contributed by atoms with van der Waals surface area (Å²) in [5.74, 6) is -0.279. The molecule has 1 aromatic rings. The highest BCUT2D eigenvalue weighted by atomic mass is 35.5. The predicted molar refractivity (Wildman–Crippen MR) is 70.8 cm³/mol. The highest BCUT2D eigenvalue weighted by Crippen LogP contribution is 2.08. The smallest absolute Gasteiger partial charge is 0.251 e. The second-order valence-electron chi connectivity index (χ2n) is 4.78. The molecule has 100 valence electrons. The summed E-state index contributed by atoms with van der Waals surface area (Å²) in [6.07, 6.45) is 1.47. The number of carbonyl (C=O) groups is 1. The summed E-state index contributed by atoms with van der Waals surface area (Å²) < 4.78 is 0. The van der Waals surface area contributed by atoms with Gasteiger partial charge in [-0.25, -0.2) is 4.98 Å². The molecule has 0 spiro atoms. The third-order valence-corrected chi connectivity index (χ3v) is 2.48. The Kier molecular flexibility index (Phi) is 5.07. The van der Waals surface area contributed by atoms with Crippen molar-refractivity contribution in [3.8, 4) is 0 Å². The van der Waals surface area contributed by atoms with Crippen LogP contribution in [0.4, 0.5) is 0 Å². The number of halogens is 1. The van der Waals surface area contributed by atoms with E-state index in [-0.39, 0.29) is 17.6 Å². The maximum atomic E-state index is 11.8. The lowest BCUT2D eigenvalue weighted by Crippen LogP contribution is -2.47. The maximum absolute atomic E-state index is 11.8. The van der Waals surface area contributed by atoms with E-state index < -0.39 is 5.60 Å². The van der Waals surface area contributed by atoms with Crippen molar-refractivity contribution in [2.45, 2.75) is 12.5 Å². The molecule has 1 unspecified atom stereocenters. The second kappa shape index (κ2) is 6.13. The number of carbonyl (C=O) groups excluding carboxylic acids is 1. The number of nitrogens with zero attached hydrogens (tertiary/aromatic N) is 2. The zero-order valence-corrected chi connectivity index (χ0v) is 11.5. The first-order valence-electron chi connectivity index (χ1n) is 5.57. The molecule has 0 aliphatic carbocycles. The van der Waals surface area contributed by atoms with Crippen molar-refractivity contribution in [3.63, 3.8) is 0 Å². The average Bonchev–Trinajstić information content (AvgIpc) is 2.24. The minimum absolute atomic E-state index is 0.171. The molecule has 0 bridgehead atoms. The highest BCUT2D eigenvalue weighted by Gasteiger charge is 2.22. The van der Waals surface area contributed by atoms with E-state index in [0.29, 0.717) is 12.1 Å². The van der Waals surface area contributed by atoms with Crippen LogP contribution in [0.5, 0.6) is 0 Å². The molecule has 1 amide bonds. The fourth-order valence-electron chi connectivity index (χ4n) is 1.65. The van der Waals surface area contributed by atoms with Crippen molar-refractivity contribution in [1.29, 1.82) is 0 Å². The molecule has 1 heterocycles. The Hall–Kier alpha value is -1.17. The van der Waals surface area contributed by atoms with Crippen LogP contribution in [0.25, 0.3) is 0 Å². The van der Waals surface area contributed by atoms with Gasteiger partial charge in [-0.05, 0) is 33.2 Å². The molecule has 0 saturated carbocycles. The van der Waals surface area contributed by atoms with Crippen molar-refractivity contribution in [2.75, 3.05) is 27.2 Å². The Balaban J connectivity index is 2.56. The molecular formula is C12H18ClN3O2. The summed E-state index contributed by atoms with van der Waals surface area (Å²) in [5, 5.41) is 13.0. The Morgan fingerprint density at radius 2 is 2.28 bits per heavy atom. The van der Waals surface area contributed by atoms with Crippen LogP contribution in [0, 0.1) is 0 Å². The Labute approximate surface area is 112 Å². The van der Waals surface area contributed by atoms with Crippen LogP contribution in [0.1, 0.15) is 17.3 Å². The lowest BCUT2D eigenvalue weighted by molar-refractivity contribution is 0.0326. The Morgan fingerprint density at radius 3 is 2.83 bits per heavy atom. The molecule has 1 atom stereocenters. The van der Waals surface area contributed by atoms with E-state index in [1.807, 2.05) is 19.0 Å². The van der Waals surface area contributed by atoms with Crippen LogP contribution in [-0.2, 0) is 0 Å². The van der Waals surface area contributed by atoms with E-state index in [1.165, 1.54) is 12.3 Å². The molecule has 1 aromatic heterocycles. The van der Waals surface area contributed by atoms with Gasteiger partial charge in [0.1, 0.15) is 5.15 Å². The van der Waals surface area contributed by atoms with Gasteiger partial charge in [-0.2, -0.15) is 0 Å². The SMILES string of the molecule is CN(C)CC(C)(O)CNC(=O)c1ccnc(Cl)c1. The van der Waals surface area contributed by atoms with Crippen LogP contribution in [0.3, 0.4) is 0 Å². The summed E-state index contributed by atoms with van der Waals surface area (Å²) in [7, 11) is 3.72. The van der Waals surface area contributed by atoms with Crippen molar-refractivity contribution >= 4 is 17.5 Å². The zero-order valence-electron chi connectivity index (χ0n) is 10.8. The van der Waals surface area contributed by atoms with Gasteiger partial charge in [0, 0.05) is 24.8 Å². The van der Waals surface area contributed by atoms with Crippen LogP contribution < -0.4 is 5.32 Å². The highest BCUT2D eigenvalue weighted by molar-refractivity contribution is 6.29. The number of nitrogens with one attached hydrogen (secondary N) is 1. The Morgan fingerprint density at radius 1 is 1.61 bits per heavy atom. The van der Waals surface area contributed by atoms with Gasteiger partial charge in [0.15, 0.2) is 0 Å². The Bertz CT molecular complexity index is 422. The van der Waals surface area contributed by atoms with Crippen LogP contribution in [0.2, 0.25) is 5.15 Å². The standard InChI is InChI=1S/C12H18ClN3O2/c1-12(18,8-16(2)3)7-15-11(17)9-4-5-14-10(13)6-9/h4-6,18H,7-8H2,1-3H3,(H,15,17). The predicted octanol–water partition coefficient (Wildman–Crippen LogP) is 0.777. The van der Waals surface area contributed by atoms with Crippen molar-refractivity contribution in [1.82, 2.24) is 15.2 Å². The zero-order chi connectivity index (χ0) is 13.8. The molecule has 0 saturated heterocycles. The third kappa shape index (κ3) is 5.00. The fraction of sp³-hybridized carbons (Fsp3) is 0.500. The number of pyridine rings is 1. The molecule has 0 fully saturated rings. The molecule has 6 heteroatoms. The van der Waals surface area contributed by atoms with Gasteiger partial charge >= 0.3 is 0 Å². The van der Waals surface area contributed by atoms with Crippen LogP contribution >= 0.6 is 11.6 Å². The van der Waals surface area contributed by atoms with E-state index in [4.69, 9.17) is 11.6 Å². The number of hydrogen-bond acceptors (Lipinski definition) is 4.